The maximum atomic E-state index is 13.2. The van der Waals surface area contributed by atoms with E-state index in [1.165, 1.54) is 11.3 Å². The van der Waals surface area contributed by atoms with Gasteiger partial charge in [-0.05, 0) is 26.0 Å². The van der Waals surface area contributed by atoms with E-state index in [9.17, 15) is 14.4 Å². The van der Waals surface area contributed by atoms with Crippen LogP contribution in [0.4, 0.5) is 5.13 Å². The third kappa shape index (κ3) is 6.01. The van der Waals surface area contributed by atoms with Gasteiger partial charge in [0.05, 0.1) is 29.8 Å². The number of thiazole rings is 1. The van der Waals surface area contributed by atoms with Crippen molar-refractivity contribution in [3.63, 3.8) is 0 Å². The number of nitrogens with zero attached hydrogens (tertiary/aromatic N) is 3. The number of carbonyl (C=O) groups is 3. The van der Waals surface area contributed by atoms with Crippen LogP contribution in [0.15, 0.2) is 29.6 Å². The molecule has 1 aliphatic rings. The Morgan fingerprint density at radius 3 is 2.77 bits per heavy atom. The summed E-state index contributed by atoms with van der Waals surface area (Å²) in [5.41, 5.74) is 3.50. The van der Waals surface area contributed by atoms with Crippen molar-refractivity contribution < 1.29 is 23.9 Å². The van der Waals surface area contributed by atoms with Gasteiger partial charge in [-0.15, -0.1) is 11.3 Å². The Kier molecular flexibility index (Phi) is 8.04. The summed E-state index contributed by atoms with van der Waals surface area (Å²) in [6.07, 6.45) is 1.82. The van der Waals surface area contributed by atoms with Gasteiger partial charge in [0.15, 0.2) is 11.7 Å². The van der Waals surface area contributed by atoms with Gasteiger partial charge in [-0.1, -0.05) is 25.1 Å². The van der Waals surface area contributed by atoms with Crippen LogP contribution in [0.3, 0.4) is 0 Å². The molecule has 1 aliphatic heterocycles. The molecule has 184 valence electrons. The number of carbonyl (C=O) groups excluding carboxylic acids is 3. The van der Waals surface area contributed by atoms with E-state index >= 15 is 0 Å². The van der Waals surface area contributed by atoms with Gasteiger partial charge in [-0.3, -0.25) is 24.8 Å². The number of anilines is 1. The molecule has 0 spiro atoms. The van der Waals surface area contributed by atoms with Crippen LogP contribution >= 0.6 is 11.3 Å². The number of hydrogen-bond acceptors (Lipinski definition) is 9. The lowest BCUT2D eigenvalue weighted by molar-refractivity contribution is -0.142. The van der Waals surface area contributed by atoms with Gasteiger partial charge < -0.3 is 9.47 Å². The second-order valence-electron chi connectivity index (χ2n) is 8.21. The van der Waals surface area contributed by atoms with Crippen molar-refractivity contribution in [2.75, 3.05) is 31.6 Å². The molecule has 9 nitrogen and oxygen atoms in total. The fourth-order valence-corrected chi connectivity index (χ4v) is 4.88. The number of para-hydroxylation sites is 1. The largest absolute Gasteiger partial charge is 0.466 e. The van der Waals surface area contributed by atoms with E-state index in [1.807, 2.05) is 24.3 Å². The van der Waals surface area contributed by atoms with Crippen molar-refractivity contribution in [2.45, 2.75) is 39.7 Å². The molecule has 0 atom stereocenters. The summed E-state index contributed by atoms with van der Waals surface area (Å²) in [6, 6.07) is 7.50. The van der Waals surface area contributed by atoms with E-state index in [4.69, 9.17) is 14.5 Å². The van der Waals surface area contributed by atoms with Gasteiger partial charge in [0.1, 0.15) is 0 Å². The minimum Gasteiger partial charge on any atom is -0.466 e. The van der Waals surface area contributed by atoms with Gasteiger partial charge in [0, 0.05) is 41.5 Å². The van der Waals surface area contributed by atoms with Gasteiger partial charge in [0.2, 0.25) is 0 Å². The lowest BCUT2D eigenvalue weighted by atomic mass is 9.95. The number of benzene rings is 1. The highest BCUT2D eigenvalue weighted by Crippen LogP contribution is 2.29. The van der Waals surface area contributed by atoms with Crippen molar-refractivity contribution in [2.24, 2.45) is 0 Å². The molecule has 0 saturated heterocycles. The molecule has 3 heterocycles. The Bertz CT molecular complexity index is 1240. The van der Waals surface area contributed by atoms with Crippen LogP contribution in [0.5, 0.6) is 0 Å². The van der Waals surface area contributed by atoms with Crippen molar-refractivity contribution >= 4 is 45.2 Å². The quantitative estimate of drug-likeness (QED) is 0.449. The average Bonchev–Trinajstić information content (AvgIpc) is 3.27. The SMILES string of the molecule is CCCN1CCc2nc3ccccc3c(C(=O)OCC(=O)Nc3nc(CC(=O)OCC)cs3)c2C1. The monoisotopic (exact) mass is 496 g/mol. The van der Waals surface area contributed by atoms with Crippen LogP contribution in [0.25, 0.3) is 10.9 Å². The Hall–Kier alpha value is -3.37. The molecule has 0 saturated carbocycles. The third-order valence-corrected chi connectivity index (χ3v) is 6.44. The van der Waals surface area contributed by atoms with E-state index in [2.05, 4.69) is 22.1 Å². The Morgan fingerprint density at radius 2 is 1.97 bits per heavy atom. The summed E-state index contributed by atoms with van der Waals surface area (Å²) in [6.45, 7) is 6.17. The molecule has 1 N–H and O–H groups in total. The zero-order chi connectivity index (χ0) is 24.8. The second kappa shape index (κ2) is 11.4. The summed E-state index contributed by atoms with van der Waals surface area (Å²) in [4.78, 5) is 48.6. The fraction of sp³-hybridized carbons (Fsp3) is 0.400. The van der Waals surface area contributed by atoms with Crippen molar-refractivity contribution in [1.82, 2.24) is 14.9 Å². The minimum absolute atomic E-state index is 0.0322. The van der Waals surface area contributed by atoms with Crippen molar-refractivity contribution in [1.29, 1.82) is 0 Å². The molecule has 0 bridgehead atoms. The van der Waals surface area contributed by atoms with Crippen LogP contribution in [-0.4, -0.2) is 59.0 Å². The first-order valence-electron chi connectivity index (χ1n) is 11.7. The smallest absolute Gasteiger partial charge is 0.339 e. The van der Waals surface area contributed by atoms with E-state index in [1.54, 1.807) is 12.3 Å². The molecule has 4 rings (SSSR count). The van der Waals surface area contributed by atoms with Crippen molar-refractivity contribution in [3.8, 4) is 0 Å². The Balaban J connectivity index is 1.45. The van der Waals surface area contributed by atoms with Crippen molar-refractivity contribution in [3.05, 3.63) is 52.2 Å². The molecule has 10 heteroatoms. The highest BCUT2D eigenvalue weighted by atomic mass is 32.1. The predicted molar refractivity (Wildman–Crippen MR) is 132 cm³/mol. The van der Waals surface area contributed by atoms with E-state index in [0.29, 0.717) is 29.5 Å². The topological polar surface area (TPSA) is 111 Å². The number of hydrogen-bond donors (Lipinski definition) is 1. The molecular weight excluding hydrogens is 468 g/mol. The Morgan fingerprint density at radius 1 is 1.14 bits per heavy atom. The van der Waals surface area contributed by atoms with Gasteiger partial charge in [-0.2, -0.15) is 0 Å². The molecule has 0 unspecified atom stereocenters. The number of fused-ring (bicyclic) bond motifs is 2. The number of ether oxygens (including phenoxy) is 2. The van der Waals surface area contributed by atoms with Crippen LogP contribution < -0.4 is 5.32 Å². The molecule has 2 aromatic heterocycles. The number of esters is 2. The number of rotatable bonds is 9. The van der Waals surface area contributed by atoms with Crippen LogP contribution in [0.2, 0.25) is 0 Å². The van der Waals surface area contributed by atoms with Crippen LogP contribution in [0.1, 0.15) is 47.6 Å². The first kappa shape index (κ1) is 24.7. The van der Waals surface area contributed by atoms with Gasteiger partial charge in [-0.25, -0.2) is 9.78 Å². The van der Waals surface area contributed by atoms with Gasteiger partial charge >= 0.3 is 11.9 Å². The van der Waals surface area contributed by atoms with E-state index < -0.39 is 18.5 Å². The fourth-order valence-electron chi connectivity index (χ4n) is 4.15. The molecule has 0 aliphatic carbocycles. The number of nitrogens with one attached hydrogen (secondary N) is 1. The summed E-state index contributed by atoms with van der Waals surface area (Å²) < 4.78 is 10.3. The number of amides is 1. The first-order valence-corrected chi connectivity index (χ1v) is 12.6. The summed E-state index contributed by atoms with van der Waals surface area (Å²) in [7, 11) is 0. The standard InChI is InChI=1S/C25H28N4O5S/c1-3-10-29-11-9-20-18(13-29)23(17-7-5-6-8-19(17)27-20)24(32)34-14-21(30)28-25-26-16(15-35-25)12-22(31)33-4-2/h5-8,15H,3-4,9-14H2,1-2H3,(H,26,28,30). The maximum absolute atomic E-state index is 13.2. The summed E-state index contributed by atoms with van der Waals surface area (Å²) in [5.74, 6) is -1.43. The normalized spacial score (nSPS) is 13.3. The molecule has 0 fully saturated rings. The second-order valence-corrected chi connectivity index (χ2v) is 9.06. The molecular formula is C25H28N4O5S. The number of pyridine rings is 1. The predicted octanol–water partition coefficient (Wildman–Crippen LogP) is 3.36. The minimum atomic E-state index is -0.546. The number of aromatic nitrogens is 2. The maximum Gasteiger partial charge on any atom is 0.339 e. The molecule has 35 heavy (non-hydrogen) atoms. The highest BCUT2D eigenvalue weighted by molar-refractivity contribution is 7.13. The zero-order valence-electron chi connectivity index (χ0n) is 19.8. The highest BCUT2D eigenvalue weighted by Gasteiger charge is 2.26. The lowest BCUT2D eigenvalue weighted by Crippen LogP contribution is -2.33. The van der Waals surface area contributed by atoms with E-state index in [0.717, 1.165) is 48.1 Å². The first-order chi connectivity index (χ1) is 17.0. The van der Waals surface area contributed by atoms with E-state index in [-0.39, 0.29) is 12.4 Å². The average molecular weight is 497 g/mol. The van der Waals surface area contributed by atoms with Gasteiger partial charge in [0.25, 0.3) is 5.91 Å². The summed E-state index contributed by atoms with van der Waals surface area (Å²) >= 11 is 1.19. The van der Waals surface area contributed by atoms with Crippen LogP contribution in [-0.2, 0) is 38.4 Å². The molecule has 3 aromatic rings. The molecule has 1 aromatic carbocycles. The summed E-state index contributed by atoms with van der Waals surface area (Å²) in [5, 5.41) is 5.34. The lowest BCUT2D eigenvalue weighted by Gasteiger charge is -2.29. The third-order valence-electron chi connectivity index (χ3n) is 5.63. The Labute approximate surface area is 207 Å². The molecule has 0 radical (unpaired) electrons. The zero-order valence-corrected chi connectivity index (χ0v) is 20.7. The molecule has 1 amide bonds. The van der Waals surface area contributed by atoms with Crippen LogP contribution in [0, 0.1) is 0 Å².